The van der Waals surface area contributed by atoms with Gasteiger partial charge in [-0.3, -0.25) is 14.9 Å². The second kappa shape index (κ2) is 5.51. The van der Waals surface area contributed by atoms with Crippen LogP contribution in [0.2, 0.25) is 0 Å². The van der Waals surface area contributed by atoms with E-state index in [-0.39, 0.29) is 27.8 Å². The van der Waals surface area contributed by atoms with E-state index in [0.29, 0.717) is 5.56 Å². The molecule has 1 heterocycles. The Labute approximate surface area is 133 Å². The van der Waals surface area contributed by atoms with Crippen molar-refractivity contribution in [2.45, 2.75) is 0 Å². The molecule has 0 radical (unpaired) electrons. The van der Waals surface area contributed by atoms with Crippen LogP contribution in [-0.4, -0.2) is 26.1 Å². The highest BCUT2D eigenvalue weighted by Gasteiger charge is 2.15. The fourth-order valence-electron chi connectivity index (χ4n) is 2.37. The predicted octanol–water partition coefficient (Wildman–Crippen LogP) is 2.51. The van der Waals surface area contributed by atoms with Crippen molar-refractivity contribution in [3.05, 3.63) is 68.4 Å². The van der Waals surface area contributed by atoms with Crippen molar-refractivity contribution < 1.29 is 19.9 Å². The zero-order valence-corrected chi connectivity index (χ0v) is 12.0. The van der Waals surface area contributed by atoms with Gasteiger partial charge in [0.1, 0.15) is 0 Å². The summed E-state index contributed by atoms with van der Waals surface area (Å²) in [5, 5.41) is 30.0. The molecule has 24 heavy (non-hydrogen) atoms. The molecule has 0 aliphatic carbocycles. The lowest BCUT2D eigenvalue weighted by molar-refractivity contribution is -0.384. The van der Waals surface area contributed by atoms with Crippen LogP contribution in [0, 0.1) is 10.1 Å². The van der Waals surface area contributed by atoms with Gasteiger partial charge in [-0.2, -0.15) is 0 Å². The minimum absolute atomic E-state index is 0.0153. The molecule has 120 valence electrons. The van der Waals surface area contributed by atoms with E-state index < -0.39 is 22.1 Å². The number of aromatic hydroxyl groups is 1. The molecule has 0 unspecified atom stereocenters. The number of carboxylic acid groups (broad SMARTS) is 1. The van der Waals surface area contributed by atoms with E-state index in [4.69, 9.17) is 5.11 Å². The third-order valence-electron chi connectivity index (χ3n) is 3.59. The highest BCUT2D eigenvalue weighted by molar-refractivity contribution is 5.94. The van der Waals surface area contributed by atoms with Crippen LogP contribution in [0.1, 0.15) is 10.4 Å². The topological polar surface area (TPSA) is 134 Å². The van der Waals surface area contributed by atoms with Crippen molar-refractivity contribution in [1.82, 2.24) is 4.98 Å². The Balaban J connectivity index is 2.23. The zero-order chi connectivity index (χ0) is 17.4. The molecule has 8 nitrogen and oxygen atoms in total. The number of fused-ring (bicyclic) bond motifs is 1. The largest absolute Gasteiger partial charge is 0.503 e. The fourth-order valence-corrected chi connectivity index (χ4v) is 2.37. The van der Waals surface area contributed by atoms with Crippen LogP contribution >= 0.6 is 0 Å². The molecule has 0 spiro atoms. The van der Waals surface area contributed by atoms with Crippen molar-refractivity contribution in [3.63, 3.8) is 0 Å². The first kappa shape index (κ1) is 15.2. The number of H-pyrrole nitrogens is 1. The van der Waals surface area contributed by atoms with Crippen molar-refractivity contribution in [2.75, 3.05) is 0 Å². The maximum absolute atomic E-state index is 12.3. The van der Waals surface area contributed by atoms with Crippen LogP contribution in [0.5, 0.6) is 5.75 Å². The summed E-state index contributed by atoms with van der Waals surface area (Å²) in [4.78, 5) is 36.2. The summed E-state index contributed by atoms with van der Waals surface area (Å²) < 4.78 is 0. The van der Waals surface area contributed by atoms with Crippen molar-refractivity contribution in [1.29, 1.82) is 0 Å². The Hall–Kier alpha value is -3.68. The summed E-state index contributed by atoms with van der Waals surface area (Å²) in [7, 11) is 0. The Morgan fingerprint density at radius 2 is 1.79 bits per heavy atom. The molecule has 0 saturated heterocycles. The van der Waals surface area contributed by atoms with Gasteiger partial charge in [-0.25, -0.2) is 4.79 Å². The average molecular weight is 326 g/mol. The monoisotopic (exact) mass is 326 g/mol. The number of aromatic carboxylic acids is 1. The minimum atomic E-state index is -1.15. The first-order valence-electron chi connectivity index (χ1n) is 6.75. The number of carboxylic acids is 1. The Kier molecular flexibility index (Phi) is 3.49. The molecule has 0 bridgehead atoms. The maximum atomic E-state index is 12.3. The number of benzene rings is 2. The second-order valence-electron chi connectivity index (χ2n) is 5.05. The van der Waals surface area contributed by atoms with Gasteiger partial charge < -0.3 is 15.2 Å². The van der Waals surface area contributed by atoms with Gasteiger partial charge in [0.25, 0.3) is 5.69 Å². The summed E-state index contributed by atoms with van der Waals surface area (Å²) in [5.41, 5.74) is -0.143. The van der Waals surface area contributed by atoms with Crippen LogP contribution in [-0.2, 0) is 0 Å². The molecule has 0 fully saturated rings. The third-order valence-corrected chi connectivity index (χ3v) is 3.59. The number of aromatic nitrogens is 1. The van der Waals surface area contributed by atoms with Crippen LogP contribution in [0.4, 0.5) is 5.69 Å². The van der Waals surface area contributed by atoms with Crippen molar-refractivity contribution in [3.8, 4) is 17.0 Å². The van der Waals surface area contributed by atoms with Crippen molar-refractivity contribution in [2.24, 2.45) is 0 Å². The summed E-state index contributed by atoms with van der Waals surface area (Å²) in [6.07, 6.45) is 0. The van der Waals surface area contributed by atoms with E-state index in [1.807, 2.05) is 0 Å². The fraction of sp³-hybridized carbons (Fsp3) is 0. The zero-order valence-electron chi connectivity index (χ0n) is 12.0. The number of aromatic amines is 1. The van der Waals surface area contributed by atoms with Gasteiger partial charge in [0.2, 0.25) is 5.43 Å². The number of hydrogen-bond donors (Lipinski definition) is 3. The molecule has 3 aromatic rings. The normalized spacial score (nSPS) is 10.7. The molecule has 1 aromatic heterocycles. The summed E-state index contributed by atoms with van der Waals surface area (Å²) >= 11 is 0. The highest BCUT2D eigenvalue weighted by atomic mass is 16.6. The molecule has 2 aromatic carbocycles. The number of carbonyl (C=O) groups is 1. The van der Waals surface area contributed by atoms with Gasteiger partial charge in [-0.05, 0) is 30.3 Å². The van der Waals surface area contributed by atoms with Crippen LogP contribution in [0.3, 0.4) is 0 Å². The van der Waals surface area contributed by atoms with Crippen LogP contribution < -0.4 is 5.43 Å². The lowest BCUT2D eigenvalue weighted by Crippen LogP contribution is -2.06. The van der Waals surface area contributed by atoms with Gasteiger partial charge >= 0.3 is 5.97 Å². The number of nitrogens with one attached hydrogen (secondary N) is 1. The summed E-state index contributed by atoms with van der Waals surface area (Å²) in [5.74, 6) is -1.69. The average Bonchev–Trinajstić information content (AvgIpc) is 2.57. The van der Waals surface area contributed by atoms with Gasteiger partial charge in [-0.1, -0.05) is 0 Å². The molecular formula is C16H10N2O6. The summed E-state index contributed by atoms with van der Waals surface area (Å²) in [6.45, 7) is 0. The Bertz CT molecular complexity index is 1040. The standard InChI is InChI=1S/C16H10N2O6/c19-14-11-6-3-9(16(21)22)7-12(11)17-13(15(14)20)8-1-4-10(5-2-8)18(23)24/h1-7,20H,(H,17,19)(H,21,22). The third kappa shape index (κ3) is 2.45. The first-order chi connectivity index (χ1) is 11.4. The second-order valence-corrected chi connectivity index (χ2v) is 5.05. The Morgan fingerprint density at radius 1 is 1.12 bits per heavy atom. The lowest BCUT2D eigenvalue weighted by Gasteiger charge is -2.08. The van der Waals surface area contributed by atoms with Crippen LogP contribution in [0.25, 0.3) is 22.2 Å². The summed E-state index contributed by atoms with van der Waals surface area (Å²) in [6, 6.07) is 9.12. The molecular weight excluding hydrogens is 316 g/mol. The maximum Gasteiger partial charge on any atom is 0.335 e. The highest BCUT2D eigenvalue weighted by Crippen LogP contribution is 2.28. The number of rotatable bonds is 3. The number of pyridine rings is 1. The quantitative estimate of drug-likeness (QED) is 0.500. The number of non-ortho nitro benzene ring substituents is 1. The molecule has 3 N–H and O–H groups in total. The first-order valence-corrected chi connectivity index (χ1v) is 6.75. The number of nitrogens with zero attached hydrogens (tertiary/aromatic N) is 1. The minimum Gasteiger partial charge on any atom is -0.503 e. The van der Waals surface area contributed by atoms with Gasteiger partial charge in [-0.15, -0.1) is 0 Å². The molecule has 0 aliphatic rings. The predicted molar refractivity (Wildman–Crippen MR) is 85.3 cm³/mol. The number of nitro benzene ring substituents is 1. The number of hydrogen-bond acceptors (Lipinski definition) is 5. The van der Waals surface area contributed by atoms with Gasteiger partial charge in [0, 0.05) is 23.1 Å². The van der Waals surface area contributed by atoms with Crippen LogP contribution in [0.15, 0.2) is 47.3 Å². The van der Waals surface area contributed by atoms with E-state index in [0.717, 1.165) is 0 Å². The molecule has 8 heteroatoms. The van der Waals surface area contributed by atoms with E-state index in [2.05, 4.69) is 4.98 Å². The Morgan fingerprint density at radius 3 is 2.38 bits per heavy atom. The number of nitro groups is 1. The van der Waals surface area contributed by atoms with Gasteiger partial charge in [0.05, 0.1) is 21.7 Å². The molecule has 3 rings (SSSR count). The van der Waals surface area contributed by atoms with E-state index >= 15 is 0 Å². The lowest BCUT2D eigenvalue weighted by atomic mass is 10.1. The molecule has 0 amide bonds. The van der Waals surface area contributed by atoms with Crippen molar-refractivity contribution >= 4 is 22.6 Å². The van der Waals surface area contributed by atoms with Gasteiger partial charge in [0.15, 0.2) is 5.75 Å². The smallest absolute Gasteiger partial charge is 0.335 e. The van der Waals surface area contributed by atoms with E-state index in [1.165, 1.54) is 42.5 Å². The van der Waals surface area contributed by atoms with E-state index in [9.17, 15) is 24.8 Å². The SMILES string of the molecule is O=C(O)c1ccc2c(=O)c(O)c(-c3ccc([N+](=O)[O-])cc3)[nH]c2c1. The van der Waals surface area contributed by atoms with E-state index in [1.54, 1.807) is 0 Å². The molecule has 0 saturated carbocycles. The molecule has 0 atom stereocenters. The molecule has 0 aliphatic heterocycles.